The number of unbranched alkanes of at least 4 members (excludes halogenated alkanes) is 10. The number of primary amides is 1. The van der Waals surface area contributed by atoms with Crippen LogP contribution in [0.15, 0.2) is 0 Å². The predicted octanol–water partition coefficient (Wildman–Crippen LogP) is 4.13. The minimum Gasteiger partial charge on any atom is -0.370 e. The van der Waals surface area contributed by atoms with E-state index < -0.39 is 0 Å². The van der Waals surface area contributed by atoms with Gasteiger partial charge >= 0.3 is 0 Å². The van der Waals surface area contributed by atoms with E-state index in [1.54, 1.807) is 6.92 Å². The van der Waals surface area contributed by atoms with E-state index in [1.807, 2.05) is 0 Å². The zero-order valence-electron chi connectivity index (χ0n) is 12.6. The van der Waals surface area contributed by atoms with Gasteiger partial charge in [-0.05, 0) is 19.8 Å². The van der Waals surface area contributed by atoms with Gasteiger partial charge in [0.1, 0.15) is 5.78 Å². The molecule has 0 heterocycles. The largest absolute Gasteiger partial charge is 0.370 e. The van der Waals surface area contributed by atoms with Gasteiger partial charge < -0.3 is 10.5 Å². The van der Waals surface area contributed by atoms with Crippen molar-refractivity contribution >= 4 is 11.7 Å². The van der Waals surface area contributed by atoms with Gasteiger partial charge in [-0.25, -0.2) is 0 Å². The molecule has 112 valence electrons. The van der Waals surface area contributed by atoms with Crippen molar-refractivity contribution in [1.82, 2.24) is 0 Å². The maximum atomic E-state index is 10.7. The van der Waals surface area contributed by atoms with E-state index >= 15 is 0 Å². The molecule has 0 rings (SSSR count). The van der Waals surface area contributed by atoms with Gasteiger partial charge in [0.15, 0.2) is 0 Å². The summed E-state index contributed by atoms with van der Waals surface area (Å²) in [6.07, 6.45) is 14.7. The van der Waals surface area contributed by atoms with E-state index in [4.69, 9.17) is 5.73 Å². The highest BCUT2D eigenvalue weighted by atomic mass is 16.1. The summed E-state index contributed by atoms with van der Waals surface area (Å²) in [6, 6.07) is 0. The molecule has 0 aromatic heterocycles. The summed E-state index contributed by atoms with van der Waals surface area (Å²) in [5, 5.41) is 0. The third kappa shape index (κ3) is 17.1. The lowest BCUT2D eigenvalue weighted by Gasteiger charge is -2.02. The highest BCUT2D eigenvalue weighted by molar-refractivity contribution is 5.75. The fraction of sp³-hybridized carbons (Fsp3) is 0.875. The van der Waals surface area contributed by atoms with E-state index in [2.05, 4.69) is 0 Å². The molecular formula is C16H31NO2. The molecule has 3 heteroatoms. The highest BCUT2D eigenvalue weighted by Crippen LogP contribution is 2.12. The Morgan fingerprint density at radius 1 is 0.632 bits per heavy atom. The maximum Gasteiger partial charge on any atom is 0.217 e. The second-order valence-electron chi connectivity index (χ2n) is 5.56. The molecule has 0 aromatic carbocycles. The van der Waals surface area contributed by atoms with Crippen LogP contribution in [0.1, 0.15) is 90.4 Å². The van der Waals surface area contributed by atoms with Crippen LogP contribution >= 0.6 is 0 Å². The lowest BCUT2D eigenvalue weighted by molar-refractivity contribution is -0.118. The van der Waals surface area contributed by atoms with Gasteiger partial charge in [-0.2, -0.15) is 0 Å². The molecule has 0 saturated carbocycles. The number of Topliss-reactive ketones (excluding diaryl/α,β-unsaturated/α-hetero) is 1. The standard InChI is InChI=1S/C16H31NO2/c1-15(18)13-11-9-7-5-3-2-4-6-8-10-12-14-16(17)19/h2-14H2,1H3,(H2,17,19). The molecule has 2 N–H and O–H groups in total. The summed E-state index contributed by atoms with van der Waals surface area (Å²) in [6.45, 7) is 1.67. The van der Waals surface area contributed by atoms with Crippen molar-refractivity contribution in [2.75, 3.05) is 0 Å². The average Bonchev–Trinajstić information content (AvgIpc) is 2.34. The van der Waals surface area contributed by atoms with Crippen molar-refractivity contribution in [2.45, 2.75) is 90.4 Å². The molecule has 19 heavy (non-hydrogen) atoms. The number of amides is 1. The molecule has 0 spiro atoms. The van der Waals surface area contributed by atoms with Gasteiger partial charge in [0.05, 0.1) is 0 Å². The average molecular weight is 269 g/mol. The van der Waals surface area contributed by atoms with Crippen LogP contribution in [-0.2, 0) is 9.59 Å². The summed E-state index contributed by atoms with van der Waals surface area (Å²) >= 11 is 0. The van der Waals surface area contributed by atoms with Crippen LogP contribution in [-0.4, -0.2) is 11.7 Å². The molecule has 0 fully saturated rings. The number of hydrogen-bond donors (Lipinski definition) is 1. The fourth-order valence-corrected chi connectivity index (χ4v) is 2.26. The van der Waals surface area contributed by atoms with Gasteiger partial charge in [-0.3, -0.25) is 4.79 Å². The minimum atomic E-state index is -0.176. The minimum absolute atomic E-state index is 0.176. The Balaban J connectivity index is 2.99. The molecule has 0 aliphatic carbocycles. The van der Waals surface area contributed by atoms with Crippen molar-refractivity contribution in [3.05, 3.63) is 0 Å². The first-order valence-corrected chi connectivity index (χ1v) is 7.90. The zero-order chi connectivity index (χ0) is 14.3. The second-order valence-corrected chi connectivity index (χ2v) is 5.56. The van der Waals surface area contributed by atoms with Gasteiger partial charge in [0.25, 0.3) is 0 Å². The monoisotopic (exact) mass is 269 g/mol. The molecule has 0 bridgehead atoms. The molecule has 0 radical (unpaired) electrons. The van der Waals surface area contributed by atoms with E-state index in [9.17, 15) is 9.59 Å². The Labute approximate surface area is 118 Å². The molecular weight excluding hydrogens is 238 g/mol. The lowest BCUT2D eigenvalue weighted by atomic mass is 10.0. The third-order valence-electron chi connectivity index (χ3n) is 3.45. The van der Waals surface area contributed by atoms with E-state index in [-0.39, 0.29) is 5.91 Å². The molecule has 3 nitrogen and oxygen atoms in total. The first-order chi connectivity index (χ1) is 9.13. The molecule has 0 unspecified atom stereocenters. The Morgan fingerprint density at radius 2 is 0.947 bits per heavy atom. The van der Waals surface area contributed by atoms with Crippen LogP contribution in [0.4, 0.5) is 0 Å². The van der Waals surface area contributed by atoms with Crippen LogP contribution in [0.3, 0.4) is 0 Å². The summed E-state index contributed by atoms with van der Waals surface area (Å²) < 4.78 is 0. The first-order valence-electron chi connectivity index (χ1n) is 7.90. The van der Waals surface area contributed by atoms with E-state index in [0.29, 0.717) is 12.2 Å². The van der Waals surface area contributed by atoms with E-state index in [1.165, 1.54) is 51.4 Å². The van der Waals surface area contributed by atoms with Crippen LogP contribution in [0.25, 0.3) is 0 Å². The Hall–Kier alpha value is -0.860. The van der Waals surface area contributed by atoms with Crippen molar-refractivity contribution in [2.24, 2.45) is 5.73 Å². The quantitative estimate of drug-likeness (QED) is 0.482. The van der Waals surface area contributed by atoms with Crippen LogP contribution in [0.5, 0.6) is 0 Å². The van der Waals surface area contributed by atoms with Gasteiger partial charge in [0.2, 0.25) is 5.91 Å². The number of hydrogen-bond acceptors (Lipinski definition) is 2. The molecule has 0 aliphatic heterocycles. The Kier molecular flexibility index (Phi) is 13.0. The van der Waals surface area contributed by atoms with Crippen molar-refractivity contribution in [1.29, 1.82) is 0 Å². The number of nitrogens with two attached hydrogens (primary N) is 1. The number of ketones is 1. The summed E-state index contributed by atoms with van der Waals surface area (Å²) in [5.74, 6) is 0.140. The van der Waals surface area contributed by atoms with Gasteiger partial charge in [0, 0.05) is 12.8 Å². The topological polar surface area (TPSA) is 60.2 Å². The Morgan fingerprint density at radius 3 is 1.26 bits per heavy atom. The van der Waals surface area contributed by atoms with Crippen LogP contribution in [0.2, 0.25) is 0 Å². The summed E-state index contributed by atoms with van der Waals surface area (Å²) in [5.41, 5.74) is 5.08. The molecule has 0 saturated heterocycles. The third-order valence-corrected chi connectivity index (χ3v) is 3.45. The summed E-state index contributed by atoms with van der Waals surface area (Å²) in [7, 11) is 0. The first kappa shape index (κ1) is 18.1. The molecule has 0 aliphatic rings. The Bertz CT molecular complexity index is 215. The van der Waals surface area contributed by atoms with Gasteiger partial charge in [-0.15, -0.1) is 0 Å². The number of carbonyl (C=O) groups excluding carboxylic acids is 2. The maximum absolute atomic E-state index is 10.7. The van der Waals surface area contributed by atoms with Crippen LogP contribution in [0, 0.1) is 0 Å². The number of rotatable bonds is 14. The predicted molar refractivity (Wildman–Crippen MR) is 79.9 cm³/mol. The number of carbonyl (C=O) groups is 2. The fourth-order valence-electron chi connectivity index (χ4n) is 2.26. The van der Waals surface area contributed by atoms with E-state index in [0.717, 1.165) is 25.7 Å². The zero-order valence-corrected chi connectivity index (χ0v) is 12.6. The SMILES string of the molecule is CC(=O)CCCCCCCCCCCCCC(N)=O. The molecule has 0 atom stereocenters. The lowest BCUT2D eigenvalue weighted by Crippen LogP contribution is -2.09. The normalized spacial score (nSPS) is 10.6. The van der Waals surface area contributed by atoms with Crippen molar-refractivity contribution in [3.8, 4) is 0 Å². The van der Waals surface area contributed by atoms with Crippen molar-refractivity contribution in [3.63, 3.8) is 0 Å². The molecule has 0 aromatic rings. The van der Waals surface area contributed by atoms with Gasteiger partial charge in [-0.1, -0.05) is 57.8 Å². The van der Waals surface area contributed by atoms with Crippen LogP contribution < -0.4 is 5.73 Å². The van der Waals surface area contributed by atoms with Crippen molar-refractivity contribution < 1.29 is 9.59 Å². The second kappa shape index (κ2) is 13.6. The smallest absolute Gasteiger partial charge is 0.217 e. The highest BCUT2D eigenvalue weighted by Gasteiger charge is 1.96. The molecule has 1 amide bonds. The summed E-state index contributed by atoms with van der Waals surface area (Å²) in [4.78, 5) is 21.3.